The van der Waals surface area contributed by atoms with Crippen molar-refractivity contribution in [3.05, 3.63) is 29.8 Å². The number of amides is 2. The number of carbonyl (C=O) groups is 2. The molecule has 8 heteroatoms. The standard InChI is InChI=1S/C20H30N2O6/c1-5-15(2)16-6-8-17(9-7-16)27-12-19(23)28-18-10-21(13-25-3)20(24)22(11-18)14-26-4/h6-9,15,18H,5,10-14H2,1-4H3. The molecule has 0 radical (unpaired) electrons. The largest absolute Gasteiger partial charge is 0.482 e. The molecular weight excluding hydrogens is 364 g/mol. The molecule has 0 spiro atoms. The molecule has 8 nitrogen and oxygen atoms in total. The Morgan fingerprint density at radius 1 is 1.11 bits per heavy atom. The zero-order valence-corrected chi connectivity index (χ0v) is 17.1. The van der Waals surface area contributed by atoms with Gasteiger partial charge in [0.25, 0.3) is 0 Å². The molecule has 1 unspecified atom stereocenters. The number of urea groups is 1. The number of carbonyl (C=O) groups excluding carboxylic acids is 2. The molecule has 0 aromatic heterocycles. The van der Waals surface area contributed by atoms with Crippen LogP contribution in [-0.2, 0) is 19.0 Å². The van der Waals surface area contributed by atoms with Crippen molar-refractivity contribution in [3.8, 4) is 5.75 Å². The Hall–Kier alpha value is -2.32. The first-order valence-corrected chi connectivity index (χ1v) is 9.42. The summed E-state index contributed by atoms with van der Waals surface area (Å²) in [6.07, 6.45) is 0.586. The molecule has 156 valence electrons. The maximum absolute atomic E-state index is 12.3. The van der Waals surface area contributed by atoms with Gasteiger partial charge in [0.05, 0.1) is 13.1 Å². The van der Waals surface area contributed by atoms with Crippen LogP contribution in [0.4, 0.5) is 4.79 Å². The van der Waals surface area contributed by atoms with Crippen LogP contribution in [0.2, 0.25) is 0 Å². The molecular formula is C20H30N2O6. The molecule has 1 atom stereocenters. The van der Waals surface area contributed by atoms with E-state index in [4.69, 9.17) is 18.9 Å². The number of hydrogen-bond donors (Lipinski definition) is 0. The summed E-state index contributed by atoms with van der Waals surface area (Å²) in [6.45, 7) is 4.89. The Kier molecular flexibility index (Phi) is 8.53. The van der Waals surface area contributed by atoms with Crippen molar-refractivity contribution in [1.82, 2.24) is 9.80 Å². The van der Waals surface area contributed by atoms with Gasteiger partial charge >= 0.3 is 12.0 Å². The van der Waals surface area contributed by atoms with E-state index in [9.17, 15) is 9.59 Å². The highest BCUT2D eigenvalue weighted by Gasteiger charge is 2.33. The lowest BCUT2D eigenvalue weighted by Gasteiger charge is -2.38. The molecule has 1 fully saturated rings. The third kappa shape index (κ3) is 6.10. The predicted molar refractivity (Wildman–Crippen MR) is 103 cm³/mol. The van der Waals surface area contributed by atoms with E-state index in [0.717, 1.165) is 6.42 Å². The van der Waals surface area contributed by atoms with Crippen LogP contribution in [0.5, 0.6) is 5.75 Å². The minimum Gasteiger partial charge on any atom is -0.482 e. The smallest absolute Gasteiger partial charge is 0.344 e. The van der Waals surface area contributed by atoms with Crippen molar-refractivity contribution in [1.29, 1.82) is 0 Å². The molecule has 0 aliphatic carbocycles. The van der Waals surface area contributed by atoms with E-state index in [-0.39, 0.29) is 39.2 Å². The quantitative estimate of drug-likeness (QED) is 0.567. The SMILES string of the molecule is CCC(C)c1ccc(OCC(=O)OC2CN(COC)C(=O)N(COC)C2)cc1. The summed E-state index contributed by atoms with van der Waals surface area (Å²) < 4.78 is 21.1. The molecule has 1 aliphatic rings. The Bertz CT molecular complexity index is 618. The lowest BCUT2D eigenvalue weighted by molar-refractivity contribution is -0.155. The summed E-state index contributed by atoms with van der Waals surface area (Å²) in [7, 11) is 3.01. The topological polar surface area (TPSA) is 77.5 Å². The maximum atomic E-state index is 12.3. The predicted octanol–water partition coefficient (Wildman–Crippen LogP) is 2.44. The van der Waals surface area contributed by atoms with Gasteiger partial charge in [0.2, 0.25) is 0 Å². The van der Waals surface area contributed by atoms with E-state index >= 15 is 0 Å². The van der Waals surface area contributed by atoms with E-state index < -0.39 is 12.1 Å². The van der Waals surface area contributed by atoms with Crippen molar-refractivity contribution in [3.63, 3.8) is 0 Å². The first kappa shape index (κ1) is 22.0. The van der Waals surface area contributed by atoms with Crippen LogP contribution in [-0.4, -0.2) is 75.3 Å². The number of methoxy groups -OCH3 is 2. The van der Waals surface area contributed by atoms with Crippen molar-refractivity contribution < 1.29 is 28.5 Å². The Balaban J connectivity index is 1.86. The third-order valence-electron chi connectivity index (χ3n) is 4.68. The number of hydrogen-bond acceptors (Lipinski definition) is 6. The Labute approximate surface area is 166 Å². The number of ether oxygens (including phenoxy) is 4. The van der Waals surface area contributed by atoms with Crippen LogP contribution in [0.3, 0.4) is 0 Å². The van der Waals surface area contributed by atoms with Crippen LogP contribution < -0.4 is 4.74 Å². The van der Waals surface area contributed by atoms with E-state index in [2.05, 4.69) is 13.8 Å². The van der Waals surface area contributed by atoms with Crippen molar-refractivity contribution in [2.45, 2.75) is 32.3 Å². The highest BCUT2D eigenvalue weighted by Crippen LogP contribution is 2.21. The fourth-order valence-electron chi connectivity index (χ4n) is 3.00. The van der Waals surface area contributed by atoms with Crippen LogP contribution in [0, 0.1) is 0 Å². The molecule has 1 heterocycles. The van der Waals surface area contributed by atoms with Gasteiger partial charge in [-0.15, -0.1) is 0 Å². The average Bonchev–Trinajstić information content (AvgIpc) is 2.70. The second-order valence-electron chi connectivity index (χ2n) is 6.84. The number of nitrogens with zero attached hydrogens (tertiary/aromatic N) is 2. The highest BCUT2D eigenvalue weighted by molar-refractivity contribution is 5.76. The van der Waals surface area contributed by atoms with Crippen LogP contribution in [0.15, 0.2) is 24.3 Å². The third-order valence-corrected chi connectivity index (χ3v) is 4.68. The van der Waals surface area contributed by atoms with E-state index in [1.54, 1.807) is 0 Å². The summed E-state index contributed by atoms with van der Waals surface area (Å²) >= 11 is 0. The fraction of sp³-hybridized carbons (Fsp3) is 0.600. The zero-order valence-electron chi connectivity index (χ0n) is 17.1. The molecule has 1 saturated heterocycles. The molecule has 0 saturated carbocycles. The summed E-state index contributed by atoms with van der Waals surface area (Å²) in [5.74, 6) is 0.614. The average molecular weight is 394 g/mol. The molecule has 0 N–H and O–H groups in total. The van der Waals surface area contributed by atoms with Crippen molar-refractivity contribution in [2.75, 3.05) is 47.4 Å². The second-order valence-corrected chi connectivity index (χ2v) is 6.84. The van der Waals surface area contributed by atoms with Gasteiger partial charge in [0, 0.05) is 14.2 Å². The van der Waals surface area contributed by atoms with Crippen molar-refractivity contribution in [2.24, 2.45) is 0 Å². The maximum Gasteiger partial charge on any atom is 0.344 e. The van der Waals surface area contributed by atoms with Crippen LogP contribution in [0.25, 0.3) is 0 Å². The Morgan fingerprint density at radius 3 is 2.18 bits per heavy atom. The molecule has 1 aromatic carbocycles. The molecule has 1 aromatic rings. The van der Waals surface area contributed by atoms with Gasteiger partial charge in [-0.2, -0.15) is 0 Å². The first-order chi connectivity index (χ1) is 13.5. The summed E-state index contributed by atoms with van der Waals surface area (Å²) in [6, 6.07) is 7.51. The summed E-state index contributed by atoms with van der Waals surface area (Å²) in [5.41, 5.74) is 1.24. The summed E-state index contributed by atoms with van der Waals surface area (Å²) in [5, 5.41) is 0. The minimum atomic E-state index is -0.486. The van der Waals surface area contributed by atoms with Gasteiger partial charge in [-0.1, -0.05) is 26.0 Å². The number of benzene rings is 1. The summed E-state index contributed by atoms with van der Waals surface area (Å²) in [4.78, 5) is 27.4. The van der Waals surface area contributed by atoms with Gasteiger partial charge in [-0.25, -0.2) is 9.59 Å². The highest BCUT2D eigenvalue weighted by atomic mass is 16.6. The minimum absolute atomic E-state index is 0.117. The number of rotatable bonds is 10. The molecule has 1 aliphatic heterocycles. The van der Waals surface area contributed by atoms with E-state index in [1.807, 2.05) is 24.3 Å². The van der Waals surface area contributed by atoms with Crippen LogP contribution in [0.1, 0.15) is 31.7 Å². The van der Waals surface area contributed by atoms with Gasteiger partial charge in [0.1, 0.15) is 25.3 Å². The normalized spacial score (nSPS) is 16.2. The van der Waals surface area contributed by atoms with Crippen molar-refractivity contribution >= 4 is 12.0 Å². The second kappa shape index (κ2) is 10.9. The molecule has 28 heavy (non-hydrogen) atoms. The number of esters is 1. The van der Waals surface area contributed by atoms with Gasteiger partial charge in [-0.3, -0.25) is 9.80 Å². The van der Waals surface area contributed by atoms with Gasteiger partial charge < -0.3 is 18.9 Å². The molecule has 2 rings (SSSR count). The van der Waals surface area contributed by atoms with Gasteiger partial charge in [-0.05, 0) is 30.0 Å². The first-order valence-electron chi connectivity index (χ1n) is 9.42. The monoisotopic (exact) mass is 394 g/mol. The lowest BCUT2D eigenvalue weighted by atomic mass is 9.99. The lowest BCUT2D eigenvalue weighted by Crippen LogP contribution is -2.57. The Morgan fingerprint density at radius 2 is 1.68 bits per heavy atom. The van der Waals surface area contributed by atoms with Crippen LogP contribution >= 0.6 is 0 Å². The fourth-order valence-corrected chi connectivity index (χ4v) is 3.00. The van der Waals surface area contributed by atoms with Gasteiger partial charge in [0.15, 0.2) is 6.61 Å². The molecule has 0 bridgehead atoms. The molecule has 2 amide bonds. The zero-order chi connectivity index (χ0) is 20.5. The van der Waals surface area contributed by atoms with E-state index in [1.165, 1.54) is 29.6 Å². The van der Waals surface area contributed by atoms with E-state index in [0.29, 0.717) is 11.7 Å².